The Morgan fingerprint density at radius 3 is 2.28 bits per heavy atom. The van der Waals surface area contributed by atoms with Crippen LogP contribution in [0.4, 0.5) is 13.2 Å². The molecule has 2 aromatic rings. The van der Waals surface area contributed by atoms with E-state index in [0.717, 1.165) is 17.9 Å². The van der Waals surface area contributed by atoms with Gasteiger partial charge in [-0.2, -0.15) is 13.2 Å². The smallest absolute Gasteiger partial charge is 0.416 e. The summed E-state index contributed by atoms with van der Waals surface area (Å²) in [6.45, 7) is 2.82. The molecule has 0 aliphatic heterocycles. The highest BCUT2D eigenvalue weighted by Gasteiger charge is 2.30. The van der Waals surface area contributed by atoms with Gasteiger partial charge < -0.3 is 14.8 Å². The summed E-state index contributed by atoms with van der Waals surface area (Å²) in [7, 11) is 0. The summed E-state index contributed by atoms with van der Waals surface area (Å²) in [6.07, 6.45) is -4.48. The van der Waals surface area contributed by atoms with Crippen molar-refractivity contribution >= 4 is 5.91 Å². The van der Waals surface area contributed by atoms with E-state index >= 15 is 0 Å². The second-order valence-electron chi connectivity index (χ2n) is 5.09. The fraction of sp³-hybridized carbons (Fsp3) is 0.278. The predicted octanol–water partition coefficient (Wildman–Crippen LogP) is 3.91. The van der Waals surface area contributed by atoms with Gasteiger partial charge in [-0.05, 0) is 49.4 Å². The fourth-order valence-electron chi connectivity index (χ4n) is 2.07. The van der Waals surface area contributed by atoms with Crippen molar-refractivity contribution in [3.05, 3.63) is 59.7 Å². The molecule has 0 aliphatic rings. The quantitative estimate of drug-likeness (QED) is 0.768. The van der Waals surface area contributed by atoms with E-state index in [2.05, 4.69) is 5.32 Å². The molecule has 2 rings (SSSR count). The number of ether oxygens (including phenoxy) is 2. The first-order valence-corrected chi connectivity index (χ1v) is 7.71. The molecule has 134 valence electrons. The third kappa shape index (κ3) is 5.70. The first-order chi connectivity index (χ1) is 11.9. The van der Waals surface area contributed by atoms with Gasteiger partial charge in [-0.3, -0.25) is 4.79 Å². The lowest BCUT2D eigenvalue weighted by atomic mass is 10.1. The lowest BCUT2D eigenvalue weighted by Gasteiger charge is -2.10. The van der Waals surface area contributed by atoms with Gasteiger partial charge in [-0.25, -0.2) is 0 Å². The van der Waals surface area contributed by atoms with Gasteiger partial charge >= 0.3 is 6.18 Å². The Hall–Kier alpha value is -2.70. The molecular formula is C18H18F3NO3. The number of nitrogens with one attached hydrogen (secondary N) is 1. The number of alkyl halides is 3. The number of amides is 1. The van der Waals surface area contributed by atoms with Crippen LogP contribution in [0.2, 0.25) is 0 Å². The van der Waals surface area contributed by atoms with Crippen molar-refractivity contribution in [3.8, 4) is 11.5 Å². The zero-order chi connectivity index (χ0) is 18.3. The van der Waals surface area contributed by atoms with Crippen LogP contribution in [-0.2, 0) is 6.18 Å². The van der Waals surface area contributed by atoms with E-state index in [1.165, 1.54) is 12.1 Å². The summed E-state index contributed by atoms with van der Waals surface area (Å²) in [6, 6.07) is 11.3. The van der Waals surface area contributed by atoms with Crippen molar-refractivity contribution in [1.82, 2.24) is 5.32 Å². The monoisotopic (exact) mass is 353 g/mol. The Labute approximate surface area is 143 Å². The highest BCUT2D eigenvalue weighted by molar-refractivity contribution is 5.94. The van der Waals surface area contributed by atoms with Crippen molar-refractivity contribution in [2.45, 2.75) is 13.1 Å². The first-order valence-electron chi connectivity index (χ1n) is 7.71. The molecule has 0 fully saturated rings. The van der Waals surface area contributed by atoms with E-state index in [-0.39, 0.29) is 18.7 Å². The molecular weight excluding hydrogens is 335 g/mol. The molecule has 0 atom stereocenters. The third-order valence-corrected chi connectivity index (χ3v) is 3.24. The number of hydrogen-bond donors (Lipinski definition) is 1. The van der Waals surface area contributed by atoms with Crippen LogP contribution in [0.3, 0.4) is 0 Å². The molecule has 0 saturated heterocycles. The van der Waals surface area contributed by atoms with Crippen LogP contribution in [0.25, 0.3) is 0 Å². The maximum absolute atomic E-state index is 12.6. The number of hydrogen-bond acceptors (Lipinski definition) is 3. The SMILES string of the molecule is CCOc1ccc(OCCNC(=O)c2cccc(C(F)(F)F)c2)cc1. The Balaban J connectivity index is 1.80. The average molecular weight is 353 g/mol. The van der Waals surface area contributed by atoms with Crippen LogP contribution < -0.4 is 14.8 Å². The standard InChI is InChI=1S/C18H18F3NO3/c1-2-24-15-6-8-16(9-7-15)25-11-10-22-17(23)13-4-3-5-14(12-13)18(19,20)21/h3-9,12H,2,10-11H2,1H3,(H,22,23). The van der Waals surface area contributed by atoms with Crippen LogP contribution >= 0.6 is 0 Å². The van der Waals surface area contributed by atoms with Crippen LogP contribution in [0.1, 0.15) is 22.8 Å². The Morgan fingerprint density at radius 2 is 1.68 bits per heavy atom. The Morgan fingerprint density at radius 1 is 1.04 bits per heavy atom. The topological polar surface area (TPSA) is 47.6 Å². The largest absolute Gasteiger partial charge is 0.494 e. The van der Waals surface area contributed by atoms with E-state index in [1.54, 1.807) is 24.3 Å². The zero-order valence-electron chi connectivity index (χ0n) is 13.6. The molecule has 0 bridgehead atoms. The minimum Gasteiger partial charge on any atom is -0.494 e. The number of rotatable bonds is 7. The highest BCUT2D eigenvalue weighted by atomic mass is 19.4. The molecule has 2 aromatic carbocycles. The van der Waals surface area contributed by atoms with Crippen LogP contribution in [0.15, 0.2) is 48.5 Å². The minimum absolute atomic E-state index is 0.0455. The summed E-state index contributed by atoms with van der Waals surface area (Å²) in [5, 5.41) is 2.52. The summed E-state index contributed by atoms with van der Waals surface area (Å²) < 4.78 is 48.7. The van der Waals surface area contributed by atoms with Gasteiger partial charge in [0.1, 0.15) is 18.1 Å². The molecule has 0 heterocycles. The summed E-state index contributed by atoms with van der Waals surface area (Å²) in [4.78, 5) is 11.9. The molecule has 0 unspecified atom stereocenters. The second-order valence-corrected chi connectivity index (χ2v) is 5.09. The number of benzene rings is 2. The summed E-state index contributed by atoms with van der Waals surface area (Å²) >= 11 is 0. The maximum atomic E-state index is 12.6. The molecule has 0 saturated carbocycles. The van der Waals surface area contributed by atoms with Crippen molar-refractivity contribution in [3.63, 3.8) is 0 Å². The van der Waals surface area contributed by atoms with E-state index in [4.69, 9.17) is 9.47 Å². The van der Waals surface area contributed by atoms with E-state index in [0.29, 0.717) is 12.4 Å². The molecule has 1 N–H and O–H groups in total. The van der Waals surface area contributed by atoms with Gasteiger partial charge in [0, 0.05) is 5.56 Å². The summed E-state index contributed by atoms with van der Waals surface area (Å²) in [5.74, 6) is 0.755. The molecule has 25 heavy (non-hydrogen) atoms. The molecule has 0 radical (unpaired) electrons. The van der Waals surface area contributed by atoms with E-state index in [9.17, 15) is 18.0 Å². The summed E-state index contributed by atoms with van der Waals surface area (Å²) in [5.41, 5.74) is -0.901. The van der Waals surface area contributed by atoms with Gasteiger partial charge in [-0.1, -0.05) is 6.07 Å². The average Bonchev–Trinajstić information content (AvgIpc) is 2.59. The number of halogens is 3. The molecule has 4 nitrogen and oxygen atoms in total. The van der Waals surface area contributed by atoms with Gasteiger partial charge in [0.2, 0.25) is 0 Å². The lowest BCUT2D eigenvalue weighted by molar-refractivity contribution is -0.137. The maximum Gasteiger partial charge on any atom is 0.416 e. The first kappa shape index (κ1) is 18.6. The van der Waals surface area contributed by atoms with E-state index < -0.39 is 17.6 Å². The third-order valence-electron chi connectivity index (χ3n) is 3.24. The van der Waals surface area contributed by atoms with Crippen molar-refractivity contribution < 1.29 is 27.4 Å². The molecule has 0 spiro atoms. The van der Waals surface area contributed by atoms with Crippen LogP contribution in [0, 0.1) is 0 Å². The normalized spacial score (nSPS) is 11.0. The van der Waals surface area contributed by atoms with Gasteiger partial charge in [0.05, 0.1) is 18.7 Å². The van der Waals surface area contributed by atoms with Gasteiger partial charge in [-0.15, -0.1) is 0 Å². The number of carbonyl (C=O) groups is 1. The Kier molecular flexibility index (Phi) is 6.27. The second kappa shape index (κ2) is 8.41. The predicted molar refractivity (Wildman–Crippen MR) is 86.9 cm³/mol. The highest BCUT2D eigenvalue weighted by Crippen LogP contribution is 2.29. The fourth-order valence-corrected chi connectivity index (χ4v) is 2.07. The zero-order valence-corrected chi connectivity index (χ0v) is 13.6. The van der Waals surface area contributed by atoms with Crippen LogP contribution in [0.5, 0.6) is 11.5 Å². The van der Waals surface area contributed by atoms with Gasteiger partial charge in [0.15, 0.2) is 0 Å². The van der Waals surface area contributed by atoms with Gasteiger partial charge in [0.25, 0.3) is 5.91 Å². The molecule has 0 aromatic heterocycles. The number of carbonyl (C=O) groups excluding carboxylic acids is 1. The molecule has 7 heteroatoms. The van der Waals surface area contributed by atoms with Crippen molar-refractivity contribution in [2.24, 2.45) is 0 Å². The van der Waals surface area contributed by atoms with Crippen LogP contribution in [-0.4, -0.2) is 25.7 Å². The van der Waals surface area contributed by atoms with Crippen molar-refractivity contribution in [2.75, 3.05) is 19.8 Å². The van der Waals surface area contributed by atoms with Crippen molar-refractivity contribution in [1.29, 1.82) is 0 Å². The minimum atomic E-state index is -4.48. The molecule has 0 aliphatic carbocycles. The lowest BCUT2D eigenvalue weighted by Crippen LogP contribution is -2.28. The van der Waals surface area contributed by atoms with E-state index in [1.807, 2.05) is 6.92 Å². The molecule has 1 amide bonds. The Bertz CT molecular complexity index is 699.